The predicted molar refractivity (Wildman–Crippen MR) is 88.1 cm³/mol. The molecule has 2 aromatic rings. The van der Waals surface area contributed by atoms with E-state index >= 15 is 0 Å². The third kappa shape index (κ3) is 4.30. The highest BCUT2D eigenvalue weighted by molar-refractivity contribution is 6.31. The first-order valence-electron chi connectivity index (χ1n) is 6.63. The first kappa shape index (κ1) is 16.0. The van der Waals surface area contributed by atoms with Gasteiger partial charge in [0.05, 0.1) is 26.5 Å². The molecule has 0 aliphatic heterocycles. The zero-order valence-corrected chi connectivity index (χ0v) is 13.1. The van der Waals surface area contributed by atoms with E-state index in [4.69, 9.17) is 21.1 Å². The van der Waals surface area contributed by atoms with Crippen molar-refractivity contribution in [2.75, 3.05) is 31.4 Å². The maximum atomic E-state index is 12.0. The Morgan fingerprint density at radius 1 is 1.14 bits per heavy atom. The lowest BCUT2D eigenvalue weighted by molar-refractivity contribution is -0.114. The van der Waals surface area contributed by atoms with Crippen LogP contribution in [0.1, 0.15) is 0 Å². The molecule has 0 saturated carbocycles. The fourth-order valence-corrected chi connectivity index (χ4v) is 2.06. The highest BCUT2D eigenvalue weighted by Crippen LogP contribution is 2.27. The first-order valence-corrected chi connectivity index (χ1v) is 7.01. The Kier molecular flexibility index (Phi) is 5.49. The minimum absolute atomic E-state index is 0.114. The number of rotatable bonds is 6. The van der Waals surface area contributed by atoms with Crippen molar-refractivity contribution in [1.82, 2.24) is 0 Å². The predicted octanol–water partition coefficient (Wildman–Crippen LogP) is 3.41. The van der Waals surface area contributed by atoms with Crippen LogP contribution in [0, 0.1) is 0 Å². The van der Waals surface area contributed by atoms with Gasteiger partial charge in [0.15, 0.2) is 0 Å². The van der Waals surface area contributed by atoms with Crippen molar-refractivity contribution in [1.29, 1.82) is 0 Å². The highest BCUT2D eigenvalue weighted by Gasteiger charge is 2.08. The Bertz CT molecular complexity index is 662. The molecule has 0 bridgehead atoms. The van der Waals surface area contributed by atoms with Gasteiger partial charge in [0, 0.05) is 16.8 Å². The Balaban J connectivity index is 1.97. The van der Waals surface area contributed by atoms with Gasteiger partial charge in [0.1, 0.15) is 11.5 Å². The van der Waals surface area contributed by atoms with Crippen LogP contribution in [0.2, 0.25) is 5.02 Å². The van der Waals surface area contributed by atoms with Crippen molar-refractivity contribution >= 4 is 28.9 Å². The summed E-state index contributed by atoms with van der Waals surface area (Å²) in [6.07, 6.45) is 0. The van der Waals surface area contributed by atoms with Gasteiger partial charge in [-0.25, -0.2) is 0 Å². The van der Waals surface area contributed by atoms with Crippen molar-refractivity contribution in [3.63, 3.8) is 0 Å². The average Bonchev–Trinajstić information content (AvgIpc) is 2.53. The summed E-state index contributed by atoms with van der Waals surface area (Å²) in [5, 5.41) is 6.31. The molecule has 2 aromatic carbocycles. The fourth-order valence-electron chi connectivity index (χ4n) is 1.89. The van der Waals surface area contributed by atoms with Crippen LogP contribution in [-0.4, -0.2) is 26.7 Å². The average molecular weight is 321 g/mol. The maximum Gasteiger partial charge on any atom is 0.243 e. The highest BCUT2D eigenvalue weighted by atomic mass is 35.5. The van der Waals surface area contributed by atoms with Crippen molar-refractivity contribution in [3.05, 3.63) is 47.5 Å². The summed E-state index contributed by atoms with van der Waals surface area (Å²) in [5.74, 6) is 1.07. The smallest absolute Gasteiger partial charge is 0.243 e. The Morgan fingerprint density at radius 3 is 2.68 bits per heavy atom. The molecule has 0 aliphatic rings. The van der Waals surface area contributed by atoms with Crippen molar-refractivity contribution < 1.29 is 14.3 Å². The zero-order chi connectivity index (χ0) is 15.9. The third-order valence-corrected chi connectivity index (χ3v) is 3.19. The van der Waals surface area contributed by atoms with Crippen LogP contribution in [-0.2, 0) is 4.79 Å². The molecule has 0 saturated heterocycles. The number of carbonyl (C=O) groups excluding carboxylic acids is 1. The van der Waals surface area contributed by atoms with E-state index in [0.717, 1.165) is 11.4 Å². The topological polar surface area (TPSA) is 59.6 Å². The van der Waals surface area contributed by atoms with E-state index in [1.54, 1.807) is 25.3 Å². The molecule has 116 valence electrons. The lowest BCUT2D eigenvalue weighted by Gasteiger charge is -2.12. The molecule has 0 heterocycles. The van der Waals surface area contributed by atoms with Crippen molar-refractivity contribution in [3.8, 4) is 11.5 Å². The van der Waals surface area contributed by atoms with Gasteiger partial charge in [0.25, 0.3) is 0 Å². The van der Waals surface area contributed by atoms with Crippen molar-refractivity contribution in [2.45, 2.75) is 0 Å². The quantitative estimate of drug-likeness (QED) is 0.856. The number of methoxy groups -OCH3 is 2. The van der Waals surface area contributed by atoms with Gasteiger partial charge in [-0.2, -0.15) is 0 Å². The second-order valence-electron chi connectivity index (χ2n) is 4.48. The summed E-state index contributed by atoms with van der Waals surface area (Å²) in [6, 6.07) is 12.4. The number of halogens is 1. The largest absolute Gasteiger partial charge is 0.497 e. The van der Waals surface area contributed by atoms with Crippen LogP contribution in [0.5, 0.6) is 11.5 Å². The van der Waals surface area contributed by atoms with Crippen LogP contribution in [0.25, 0.3) is 0 Å². The lowest BCUT2D eigenvalue weighted by Crippen LogP contribution is -2.22. The van der Waals surface area contributed by atoms with Gasteiger partial charge >= 0.3 is 0 Å². The first-order chi connectivity index (χ1) is 10.6. The van der Waals surface area contributed by atoms with E-state index in [2.05, 4.69) is 10.6 Å². The second-order valence-corrected chi connectivity index (χ2v) is 4.91. The molecule has 0 spiro atoms. The van der Waals surface area contributed by atoms with E-state index in [1.165, 1.54) is 7.11 Å². The molecular formula is C16H17ClN2O3. The number of hydrogen-bond donors (Lipinski definition) is 2. The van der Waals surface area contributed by atoms with Crippen LogP contribution in [0.3, 0.4) is 0 Å². The number of benzene rings is 2. The van der Waals surface area contributed by atoms with Crippen molar-refractivity contribution in [2.24, 2.45) is 0 Å². The summed E-state index contributed by atoms with van der Waals surface area (Å²) < 4.78 is 10.3. The second kappa shape index (κ2) is 7.56. The standard InChI is InChI=1S/C16H17ClN2O3/c1-21-13-5-3-4-12(9-13)18-10-16(20)19-14-8-11(17)6-7-15(14)22-2/h3-9,18H,10H2,1-2H3,(H,19,20). The third-order valence-electron chi connectivity index (χ3n) is 2.96. The summed E-state index contributed by atoms with van der Waals surface area (Å²) in [7, 11) is 3.13. The fraction of sp³-hybridized carbons (Fsp3) is 0.188. The molecule has 0 unspecified atom stereocenters. The summed E-state index contributed by atoms with van der Waals surface area (Å²) >= 11 is 5.93. The van der Waals surface area contributed by atoms with E-state index in [9.17, 15) is 4.79 Å². The molecule has 2 N–H and O–H groups in total. The number of hydrogen-bond acceptors (Lipinski definition) is 4. The minimum Gasteiger partial charge on any atom is -0.497 e. The summed E-state index contributed by atoms with van der Waals surface area (Å²) in [4.78, 5) is 12.0. The van der Waals surface area contributed by atoms with E-state index < -0.39 is 0 Å². The van der Waals surface area contributed by atoms with Gasteiger partial charge in [-0.05, 0) is 30.3 Å². The number of carbonyl (C=O) groups is 1. The Hall–Kier alpha value is -2.40. The lowest BCUT2D eigenvalue weighted by atomic mass is 10.3. The number of anilines is 2. The molecule has 22 heavy (non-hydrogen) atoms. The monoisotopic (exact) mass is 320 g/mol. The minimum atomic E-state index is -0.205. The molecule has 0 fully saturated rings. The van der Waals surface area contributed by atoms with E-state index in [-0.39, 0.29) is 12.5 Å². The van der Waals surface area contributed by atoms with E-state index in [1.807, 2.05) is 24.3 Å². The zero-order valence-electron chi connectivity index (χ0n) is 12.4. The van der Waals surface area contributed by atoms with Crippen LogP contribution in [0.15, 0.2) is 42.5 Å². The molecule has 1 amide bonds. The molecule has 0 radical (unpaired) electrons. The normalized spacial score (nSPS) is 9.95. The SMILES string of the molecule is COc1cccc(NCC(=O)Nc2cc(Cl)ccc2OC)c1. The molecule has 5 nitrogen and oxygen atoms in total. The molecule has 0 aromatic heterocycles. The van der Waals surface area contributed by atoms with Crippen LogP contribution < -0.4 is 20.1 Å². The summed E-state index contributed by atoms with van der Waals surface area (Å²) in [6.45, 7) is 0.114. The number of nitrogens with one attached hydrogen (secondary N) is 2. The van der Waals surface area contributed by atoms with Gasteiger partial charge in [-0.3, -0.25) is 4.79 Å². The molecule has 0 aliphatic carbocycles. The van der Waals surface area contributed by atoms with Gasteiger partial charge in [0.2, 0.25) is 5.91 Å². The number of ether oxygens (including phenoxy) is 2. The summed E-state index contributed by atoms with van der Waals surface area (Å²) in [5.41, 5.74) is 1.33. The Morgan fingerprint density at radius 2 is 1.95 bits per heavy atom. The Labute approximate surface area is 134 Å². The molecule has 0 atom stereocenters. The van der Waals surface area contributed by atoms with E-state index in [0.29, 0.717) is 16.5 Å². The van der Waals surface area contributed by atoms with Crippen LogP contribution in [0.4, 0.5) is 11.4 Å². The van der Waals surface area contributed by atoms with Gasteiger partial charge < -0.3 is 20.1 Å². The maximum absolute atomic E-state index is 12.0. The molecule has 2 rings (SSSR count). The van der Waals surface area contributed by atoms with Crippen LogP contribution >= 0.6 is 11.6 Å². The molecule has 6 heteroatoms. The number of amides is 1. The molecular weight excluding hydrogens is 304 g/mol. The van der Waals surface area contributed by atoms with Gasteiger partial charge in [-0.15, -0.1) is 0 Å². The van der Waals surface area contributed by atoms with Gasteiger partial charge in [-0.1, -0.05) is 17.7 Å².